The highest BCUT2D eigenvalue weighted by molar-refractivity contribution is 5.71. The van der Waals surface area contributed by atoms with E-state index in [0.29, 0.717) is 24.9 Å². The van der Waals surface area contributed by atoms with Gasteiger partial charge in [-0.25, -0.2) is 0 Å². The molecule has 0 aliphatic heterocycles. The maximum atomic E-state index is 11.6. The molecule has 0 amide bonds. The van der Waals surface area contributed by atoms with Crippen molar-refractivity contribution in [2.45, 2.75) is 39.0 Å². The number of hydrogen-bond acceptors (Lipinski definition) is 2. The smallest absolute Gasteiger partial charge is 0.306 e. The molecule has 0 bridgehead atoms. The molecule has 15 heavy (non-hydrogen) atoms. The Morgan fingerprint density at radius 3 is 2.27 bits per heavy atom. The maximum absolute atomic E-state index is 11.6. The Kier molecular flexibility index (Phi) is 2.85. The lowest BCUT2D eigenvalue weighted by Gasteiger charge is -2.29. The molecule has 2 aliphatic carbocycles. The summed E-state index contributed by atoms with van der Waals surface area (Å²) in [6, 6.07) is 0. The van der Waals surface area contributed by atoms with Crippen LogP contribution in [0.1, 0.15) is 39.0 Å². The SMILES string of the molecule is C=CC(CC(=O)OCC)(C1CC1)C1CC1. The molecule has 0 heterocycles. The first-order valence-corrected chi connectivity index (χ1v) is 6.02. The minimum atomic E-state index is -0.0452. The van der Waals surface area contributed by atoms with Crippen LogP contribution in [0.3, 0.4) is 0 Å². The van der Waals surface area contributed by atoms with Crippen LogP contribution < -0.4 is 0 Å². The molecule has 2 rings (SSSR count). The molecule has 0 aromatic rings. The van der Waals surface area contributed by atoms with Gasteiger partial charge in [0.05, 0.1) is 13.0 Å². The van der Waals surface area contributed by atoms with E-state index in [-0.39, 0.29) is 11.4 Å². The van der Waals surface area contributed by atoms with Gasteiger partial charge < -0.3 is 4.74 Å². The minimum Gasteiger partial charge on any atom is -0.466 e. The number of ether oxygens (including phenoxy) is 1. The van der Waals surface area contributed by atoms with Crippen LogP contribution in [0.2, 0.25) is 0 Å². The Morgan fingerprint density at radius 1 is 1.40 bits per heavy atom. The van der Waals surface area contributed by atoms with Gasteiger partial charge in [0.2, 0.25) is 0 Å². The first kappa shape index (κ1) is 10.7. The van der Waals surface area contributed by atoms with Crippen molar-refractivity contribution in [1.82, 2.24) is 0 Å². The molecule has 0 aromatic carbocycles. The van der Waals surface area contributed by atoms with Crippen LogP contribution in [0.5, 0.6) is 0 Å². The topological polar surface area (TPSA) is 26.3 Å². The molecular weight excluding hydrogens is 188 g/mol. The first-order valence-electron chi connectivity index (χ1n) is 6.02. The van der Waals surface area contributed by atoms with Crippen LogP contribution in [-0.2, 0) is 9.53 Å². The largest absolute Gasteiger partial charge is 0.466 e. The second kappa shape index (κ2) is 3.99. The zero-order chi connectivity index (χ0) is 10.9. The summed E-state index contributed by atoms with van der Waals surface area (Å²) in [5.74, 6) is 1.36. The molecule has 0 saturated heterocycles. The van der Waals surface area contributed by atoms with Crippen LogP contribution in [0.4, 0.5) is 0 Å². The lowest BCUT2D eigenvalue weighted by molar-refractivity contribution is -0.145. The van der Waals surface area contributed by atoms with Crippen LogP contribution in [0, 0.1) is 17.3 Å². The fourth-order valence-electron chi connectivity index (χ4n) is 2.73. The lowest BCUT2D eigenvalue weighted by Crippen LogP contribution is -2.28. The third-order valence-corrected chi connectivity index (χ3v) is 3.81. The molecule has 0 atom stereocenters. The van der Waals surface area contributed by atoms with Gasteiger partial charge in [0.15, 0.2) is 0 Å². The van der Waals surface area contributed by atoms with Gasteiger partial charge in [0.25, 0.3) is 0 Å². The molecule has 0 N–H and O–H groups in total. The third-order valence-electron chi connectivity index (χ3n) is 3.81. The number of hydrogen-bond donors (Lipinski definition) is 0. The summed E-state index contributed by atoms with van der Waals surface area (Å²) < 4.78 is 5.07. The molecule has 84 valence electrons. The third kappa shape index (κ3) is 2.09. The highest BCUT2D eigenvalue weighted by atomic mass is 16.5. The molecular formula is C13H20O2. The van der Waals surface area contributed by atoms with E-state index in [2.05, 4.69) is 6.58 Å². The molecule has 0 radical (unpaired) electrons. The molecule has 2 nitrogen and oxygen atoms in total. The predicted octanol–water partition coefficient (Wildman–Crippen LogP) is 2.93. The van der Waals surface area contributed by atoms with Crippen molar-refractivity contribution < 1.29 is 9.53 Å². The minimum absolute atomic E-state index is 0.0452. The van der Waals surface area contributed by atoms with Gasteiger partial charge in [-0.05, 0) is 44.4 Å². The Labute approximate surface area is 91.7 Å². The highest BCUT2D eigenvalue weighted by Crippen LogP contribution is 2.60. The van der Waals surface area contributed by atoms with Gasteiger partial charge in [-0.15, -0.1) is 6.58 Å². The number of rotatable bonds is 6. The standard InChI is InChI=1S/C13H20O2/c1-3-13(10-5-6-10,11-7-8-11)9-12(14)15-4-2/h3,10-11H,1,4-9H2,2H3. The van der Waals surface area contributed by atoms with E-state index in [1.54, 1.807) is 0 Å². The molecule has 0 unspecified atom stereocenters. The fourth-order valence-corrected chi connectivity index (χ4v) is 2.73. The zero-order valence-electron chi connectivity index (χ0n) is 9.50. The van der Waals surface area contributed by atoms with E-state index in [9.17, 15) is 4.79 Å². The Bertz CT molecular complexity index is 250. The summed E-state index contributed by atoms with van der Waals surface area (Å²) in [6.07, 6.45) is 7.66. The van der Waals surface area contributed by atoms with Gasteiger partial charge in [-0.1, -0.05) is 6.08 Å². The van der Waals surface area contributed by atoms with E-state index in [0.717, 1.165) is 0 Å². The van der Waals surface area contributed by atoms with Crippen LogP contribution >= 0.6 is 0 Å². The van der Waals surface area contributed by atoms with Gasteiger partial charge in [-0.3, -0.25) is 4.79 Å². The van der Waals surface area contributed by atoms with E-state index in [1.807, 2.05) is 13.0 Å². The van der Waals surface area contributed by atoms with Gasteiger partial charge >= 0.3 is 5.97 Å². The maximum Gasteiger partial charge on any atom is 0.306 e. The number of allylic oxidation sites excluding steroid dienone is 1. The van der Waals surface area contributed by atoms with Gasteiger partial charge in [0.1, 0.15) is 0 Å². The van der Waals surface area contributed by atoms with Crippen molar-refractivity contribution in [3.05, 3.63) is 12.7 Å². The quantitative estimate of drug-likeness (QED) is 0.495. The first-order chi connectivity index (χ1) is 7.23. The summed E-state index contributed by atoms with van der Waals surface area (Å²) in [7, 11) is 0. The summed E-state index contributed by atoms with van der Waals surface area (Å²) in [5, 5.41) is 0. The molecule has 2 heteroatoms. The van der Waals surface area contributed by atoms with E-state index >= 15 is 0 Å². The predicted molar refractivity (Wildman–Crippen MR) is 59.3 cm³/mol. The average molecular weight is 208 g/mol. The molecule has 2 aliphatic rings. The van der Waals surface area contributed by atoms with Crippen molar-refractivity contribution >= 4 is 5.97 Å². The van der Waals surface area contributed by atoms with Gasteiger partial charge in [0, 0.05) is 5.41 Å². The van der Waals surface area contributed by atoms with E-state index in [1.165, 1.54) is 25.7 Å². The molecule has 2 fully saturated rings. The summed E-state index contributed by atoms with van der Waals surface area (Å²) in [6.45, 7) is 6.31. The monoisotopic (exact) mass is 208 g/mol. The van der Waals surface area contributed by atoms with Crippen molar-refractivity contribution in [3.63, 3.8) is 0 Å². The van der Waals surface area contributed by atoms with Crippen molar-refractivity contribution in [2.75, 3.05) is 6.61 Å². The summed E-state index contributed by atoms with van der Waals surface area (Å²) >= 11 is 0. The fraction of sp³-hybridized carbons (Fsp3) is 0.769. The van der Waals surface area contributed by atoms with Crippen molar-refractivity contribution in [3.8, 4) is 0 Å². The Morgan fingerprint density at radius 2 is 1.93 bits per heavy atom. The van der Waals surface area contributed by atoms with Crippen LogP contribution in [0.15, 0.2) is 12.7 Å². The molecule has 2 saturated carbocycles. The molecule has 0 aromatic heterocycles. The zero-order valence-corrected chi connectivity index (χ0v) is 9.50. The van der Waals surface area contributed by atoms with Crippen molar-refractivity contribution in [2.24, 2.45) is 17.3 Å². The van der Waals surface area contributed by atoms with E-state index in [4.69, 9.17) is 4.74 Å². The van der Waals surface area contributed by atoms with Gasteiger partial charge in [-0.2, -0.15) is 0 Å². The normalized spacial score (nSPS) is 21.1. The summed E-state index contributed by atoms with van der Waals surface area (Å²) in [4.78, 5) is 11.6. The van der Waals surface area contributed by atoms with Crippen molar-refractivity contribution in [1.29, 1.82) is 0 Å². The number of carbonyl (C=O) groups is 1. The Balaban J connectivity index is 2.03. The summed E-state index contributed by atoms with van der Waals surface area (Å²) in [5.41, 5.74) is 0.0756. The highest BCUT2D eigenvalue weighted by Gasteiger charge is 2.53. The number of esters is 1. The molecule has 0 spiro atoms. The van der Waals surface area contributed by atoms with Crippen LogP contribution in [0.25, 0.3) is 0 Å². The number of carbonyl (C=O) groups excluding carboxylic acids is 1. The Hall–Kier alpha value is -0.790. The average Bonchev–Trinajstić information content (AvgIpc) is 3.05. The lowest BCUT2D eigenvalue weighted by atomic mass is 9.75. The van der Waals surface area contributed by atoms with E-state index < -0.39 is 0 Å². The second-order valence-electron chi connectivity index (χ2n) is 4.85. The second-order valence-corrected chi connectivity index (χ2v) is 4.85. The van der Waals surface area contributed by atoms with Crippen LogP contribution in [-0.4, -0.2) is 12.6 Å².